The molecule has 2 aromatic rings. The van der Waals surface area contributed by atoms with Crippen molar-refractivity contribution in [2.24, 2.45) is 0 Å². The summed E-state index contributed by atoms with van der Waals surface area (Å²) in [6.07, 6.45) is 1.99. The summed E-state index contributed by atoms with van der Waals surface area (Å²) in [5.41, 5.74) is 4.16. The molecule has 0 spiro atoms. The number of halogens is 2. The molecule has 2 heterocycles. The zero-order valence-corrected chi connectivity index (χ0v) is 17.5. The number of nitrogens with zero attached hydrogens (tertiary/aromatic N) is 3. The quantitative estimate of drug-likeness (QED) is 0.478. The van der Waals surface area contributed by atoms with E-state index in [-0.39, 0.29) is 0 Å². The summed E-state index contributed by atoms with van der Waals surface area (Å²) in [6.45, 7) is 11.1. The number of piperazine rings is 1. The van der Waals surface area contributed by atoms with E-state index < -0.39 is 0 Å². The maximum atomic E-state index is 6.13. The van der Waals surface area contributed by atoms with E-state index in [9.17, 15) is 0 Å². The lowest BCUT2D eigenvalue weighted by Gasteiger charge is -2.35. The smallest absolute Gasteiger partial charge is 0.0432 e. The lowest BCUT2D eigenvalue weighted by Crippen LogP contribution is -2.46. The first-order valence-corrected chi connectivity index (χ1v) is 10.7. The van der Waals surface area contributed by atoms with E-state index >= 15 is 0 Å². The molecule has 3 nitrogen and oxygen atoms in total. The number of hydrogen-bond acceptors (Lipinski definition) is 4. The van der Waals surface area contributed by atoms with Gasteiger partial charge in [-0.1, -0.05) is 35.3 Å². The van der Waals surface area contributed by atoms with Crippen LogP contribution in [-0.2, 0) is 13.1 Å². The second kappa shape index (κ2) is 8.46. The molecule has 1 saturated heterocycles. The van der Waals surface area contributed by atoms with Gasteiger partial charge in [-0.25, -0.2) is 4.31 Å². The Morgan fingerprint density at radius 2 is 1.63 bits per heavy atom. The maximum absolute atomic E-state index is 6.13. The highest BCUT2D eigenvalue weighted by atomic mass is 35.5. The van der Waals surface area contributed by atoms with Crippen LogP contribution in [0.15, 0.2) is 53.9 Å². The minimum absolute atomic E-state index is 0.680. The summed E-state index contributed by atoms with van der Waals surface area (Å²) in [6, 6.07) is 12.6. The number of anilines is 1. The van der Waals surface area contributed by atoms with E-state index in [0.29, 0.717) is 10.0 Å². The van der Waals surface area contributed by atoms with Crippen LogP contribution in [0.25, 0.3) is 0 Å². The van der Waals surface area contributed by atoms with Crippen molar-refractivity contribution in [1.29, 1.82) is 0 Å². The minimum Gasteiger partial charge on any atom is -0.369 e. The SMILES string of the molecule is C=CCN1CCN(c2ccc3c(c2)CN(Sc2cc(Cl)cc(Cl)c2)C3)CC1. The molecule has 6 heteroatoms. The molecule has 0 radical (unpaired) electrons. The molecular formula is C21H23Cl2N3S. The van der Waals surface area contributed by atoms with E-state index in [2.05, 4.69) is 38.9 Å². The molecule has 2 aromatic carbocycles. The molecule has 0 N–H and O–H groups in total. The third-order valence-electron chi connectivity index (χ3n) is 5.08. The van der Waals surface area contributed by atoms with Crippen molar-refractivity contribution in [1.82, 2.24) is 9.21 Å². The Morgan fingerprint density at radius 3 is 2.33 bits per heavy atom. The summed E-state index contributed by atoms with van der Waals surface area (Å²) in [4.78, 5) is 6.02. The van der Waals surface area contributed by atoms with Crippen LogP contribution >= 0.6 is 35.1 Å². The summed E-state index contributed by atoms with van der Waals surface area (Å²) in [5.74, 6) is 0. The van der Waals surface area contributed by atoms with Gasteiger partial charge < -0.3 is 4.90 Å². The Morgan fingerprint density at radius 1 is 0.926 bits per heavy atom. The molecule has 4 rings (SSSR count). The fraction of sp³-hybridized carbons (Fsp3) is 0.333. The summed E-state index contributed by atoms with van der Waals surface area (Å²) in [5, 5.41) is 1.36. The fourth-order valence-electron chi connectivity index (χ4n) is 3.71. The van der Waals surface area contributed by atoms with Crippen molar-refractivity contribution in [3.05, 3.63) is 70.2 Å². The molecule has 1 fully saturated rings. The van der Waals surface area contributed by atoms with Crippen LogP contribution in [0.5, 0.6) is 0 Å². The van der Waals surface area contributed by atoms with Gasteiger partial charge in [-0.3, -0.25) is 4.90 Å². The normalized spacial score (nSPS) is 17.9. The van der Waals surface area contributed by atoms with Crippen LogP contribution in [0.4, 0.5) is 5.69 Å². The second-order valence-electron chi connectivity index (χ2n) is 7.02. The molecule has 2 aliphatic rings. The molecule has 0 amide bonds. The summed E-state index contributed by atoms with van der Waals surface area (Å²) < 4.78 is 2.36. The zero-order chi connectivity index (χ0) is 18.8. The molecule has 0 unspecified atom stereocenters. The average Bonchev–Trinajstić information content (AvgIpc) is 3.03. The van der Waals surface area contributed by atoms with Crippen molar-refractivity contribution in [2.75, 3.05) is 37.6 Å². The standard InChI is InChI=1S/C21H23Cl2N3S/c1-2-5-24-6-8-25(9-7-24)20-4-3-16-14-26(15-17(16)10-20)27-21-12-18(22)11-19(23)13-21/h2-4,10-13H,1,5-9,14-15H2. The maximum Gasteiger partial charge on any atom is 0.0432 e. The van der Waals surface area contributed by atoms with Crippen LogP contribution in [-0.4, -0.2) is 41.9 Å². The first kappa shape index (κ1) is 19.2. The molecule has 0 bridgehead atoms. The van der Waals surface area contributed by atoms with Crippen LogP contribution < -0.4 is 4.90 Å². The van der Waals surface area contributed by atoms with Crippen molar-refractivity contribution in [3.63, 3.8) is 0 Å². The van der Waals surface area contributed by atoms with E-state index in [4.69, 9.17) is 23.2 Å². The second-order valence-corrected chi connectivity index (χ2v) is 9.07. The van der Waals surface area contributed by atoms with Gasteiger partial charge in [0.05, 0.1) is 0 Å². The lowest BCUT2D eigenvalue weighted by atomic mass is 10.1. The Balaban J connectivity index is 1.40. The number of hydrogen-bond donors (Lipinski definition) is 0. The third kappa shape index (κ3) is 4.64. The van der Waals surface area contributed by atoms with Crippen molar-refractivity contribution < 1.29 is 0 Å². The third-order valence-corrected chi connectivity index (χ3v) is 6.48. The molecule has 27 heavy (non-hydrogen) atoms. The van der Waals surface area contributed by atoms with E-state index in [1.807, 2.05) is 18.2 Å². The van der Waals surface area contributed by atoms with Crippen LogP contribution in [0.3, 0.4) is 0 Å². The van der Waals surface area contributed by atoms with Crippen LogP contribution in [0.2, 0.25) is 10.0 Å². The Bertz CT molecular complexity index is 814. The highest BCUT2D eigenvalue weighted by molar-refractivity contribution is 7.97. The minimum atomic E-state index is 0.680. The zero-order valence-electron chi connectivity index (χ0n) is 15.2. The summed E-state index contributed by atoms with van der Waals surface area (Å²) in [7, 11) is 0. The topological polar surface area (TPSA) is 9.72 Å². The lowest BCUT2D eigenvalue weighted by molar-refractivity contribution is 0.284. The number of rotatable bonds is 5. The van der Waals surface area contributed by atoms with Crippen LogP contribution in [0.1, 0.15) is 11.1 Å². The highest BCUT2D eigenvalue weighted by Gasteiger charge is 2.22. The molecule has 2 aliphatic heterocycles. The van der Waals surface area contributed by atoms with Crippen LogP contribution in [0, 0.1) is 0 Å². The molecule has 0 saturated carbocycles. The Hall–Kier alpha value is -1.17. The average molecular weight is 420 g/mol. The predicted octanol–water partition coefficient (Wildman–Crippen LogP) is 5.32. The largest absolute Gasteiger partial charge is 0.369 e. The van der Waals surface area contributed by atoms with E-state index in [0.717, 1.165) is 50.7 Å². The van der Waals surface area contributed by atoms with Crippen molar-refractivity contribution in [2.45, 2.75) is 18.0 Å². The first-order valence-electron chi connectivity index (χ1n) is 9.20. The Kier molecular flexibility index (Phi) is 6.00. The predicted molar refractivity (Wildman–Crippen MR) is 117 cm³/mol. The van der Waals surface area contributed by atoms with Gasteiger partial charge in [-0.15, -0.1) is 6.58 Å². The van der Waals surface area contributed by atoms with Gasteiger partial charge in [0.1, 0.15) is 0 Å². The van der Waals surface area contributed by atoms with Gasteiger partial charge in [-0.05, 0) is 53.4 Å². The first-order chi connectivity index (χ1) is 13.1. The molecule has 0 atom stereocenters. The van der Waals surface area contributed by atoms with Gasteiger partial charge >= 0.3 is 0 Å². The monoisotopic (exact) mass is 419 g/mol. The van der Waals surface area contributed by atoms with Gasteiger partial charge in [0.2, 0.25) is 0 Å². The molecule has 142 valence electrons. The van der Waals surface area contributed by atoms with Gasteiger partial charge in [0.25, 0.3) is 0 Å². The van der Waals surface area contributed by atoms with Crippen molar-refractivity contribution in [3.8, 4) is 0 Å². The fourth-order valence-corrected chi connectivity index (χ4v) is 5.43. The highest BCUT2D eigenvalue weighted by Crippen LogP contribution is 2.36. The molecule has 0 aliphatic carbocycles. The van der Waals surface area contributed by atoms with Crippen molar-refractivity contribution >= 4 is 40.8 Å². The Labute approximate surface area is 175 Å². The molecular weight excluding hydrogens is 397 g/mol. The van der Waals surface area contributed by atoms with Gasteiger partial charge in [0.15, 0.2) is 0 Å². The van der Waals surface area contributed by atoms with Gasteiger partial charge in [0, 0.05) is 66.4 Å². The van der Waals surface area contributed by atoms with E-state index in [1.165, 1.54) is 16.8 Å². The van der Waals surface area contributed by atoms with Gasteiger partial charge in [-0.2, -0.15) is 0 Å². The number of fused-ring (bicyclic) bond motifs is 1. The summed E-state index contributed by atoms with van der Waals surface area (Å²) >= 11 is 14.0. The number of benzene rings is 2. The van der Waals surface area contributed by atoms with E-state index in [1.54, 1.807) is 18.0 Å². The molecule has 0 aromatic heterocycles.